The van der Waals surface area contributed by atoms with Crippen LogP contribution in [-0.4, -0.2) is 35.7 Å². The van der Waals surface area contributed by atoms with Gasteiger partial charge in [-0.1, -0.05) is 42.5 Å². The fourth-order valence-corrected chi connectivity index (χ4v) is 7.30. The van der Waals surface area contributed by atoms with Crippen molar-refractivity contribution in [3.8, 4) is 51.7 Å². The SMILES string of the molecule is Oc1ccc([C@H]2Oc3ccc(/C=C\c4cc(O)cc(O)c4)cc3[C@@H]2c2c(O)ccc3c2[C@H](c2cc(O)cc(O)c2)[C@@H](c2ccc(O)cc2)O3)cc1. The van der Waals surface area contributed by atoms with E-state index in [0.717, 1.165) is 22.3 Å². The molecular weight excluding hydrogens is 648 g/mol. The fraction of sp³-hybridized carbons (Fsp3) is 0.0952. The normalized spacial score (nSPS) is 19.0. The van der Waals surface area contributed by atoms with Gasteiger partial charge in [0.05, 0.1) is 11.8 Å². The zero-order valence-electron chi connectivity index (χ0n) is 26.9. The Morgan fingerprint density at radius 2 is 0.902 bits per heavy atom. The fourth-order valence-electron chi connectivity index (χ4n) is 7.30. The van der Waals surface area contributed by atoms with Gasteiger partial charge in [0.25, 0.3) is 0 Å². The quantitative estimate of drug-likeness (QED) is 0.0858. The number of phenolic OH excluding ortho intramolecular Hbond substituents is 7. The van der Waals surface area contributed by atoms with Gasteiger partial charge in [0.2, 0.25) is 0 Å². The molecular formula is C42H32O9. The Kier molecular flexibility index (Phi) is 7.60. The summed E-state index contributed by atoms with van der Waals surface area (Å²) in [5.41, 5.74) is 5.33. The van der Waals surface area contributed by atoms with Crippen molar-refractivity contribution in [3.05, 3.63) is 160 Å². The molecule has 0 aliphatic carbocycles. The first-order valence-electron chi connectivity index (χ1n) is 16.3. The third-order valence-corrected chi connectivity index (χ3v) is 9.45. The maximum absolute atomic E-state index is 11.9. The molecule has 0 bridgehead atoms. The number of phenols is 7. The van der Waals surface area contributed by atoms with Crippen molar-refractivity contribution in [2.75, 3.05) is 0 Å². The molecule has 9 heteroatoms. The molecule has 9 nitrogen and oxygen atoms in total. The maximum atomic E-state index is 11.9. The first-order chi connectivity index (χ1) is 24.6. The van der Waals surface area contributed by atoms with Crippen molar-refractivity contribution in [3.63, 3.8) is 0 Å². The molecule has 0 fully saturated rings. The molecule has 0 unspecified atom stereocenters. The number of hydrogen-bond donors (Lipinski definition) is 7. The van der Waals surface area contributed by atoms with Crippen LogP contribution < -0.4 is 9.47 Å². The van der Waals surface area contributed by atoms with E-state index in [4.69, 9.17) is 9.47 Å². The van der Waals surface area contributed by atoms with Crippen LogP contribution in [0.4, 0.5) is 0 Å². The van der Waals surface area contributed by atoms with Gasteiger partial charge in [-0.25, -0.2) is 0 Å². The van der Waals surface area contributed by atoms with Crippen LogP contribution in [0.5, 0.6) is 51.7 Å². The molecule has 0 saturated heterocycles. The highest BCUT2D eigenvalue weighted by Crippen LogP contribution is 2.60. The van der Waals surface area contributed by atoms with E-state index >= 15 is 0 Å². The van der Waals surface area contributed by atoms with Crippen LogP contribution in [0.2, 0.25) is 0 Å². The van der Waals surface area contributed by atoms with E-state index in [1.54, 1.807) is 78.9 Å². The third kappa shape index (κ3) is 5.84. The second-order valence-corrected chi connectivity index (χ2v) is 12.8. The van der Waals surface area contributed by atoms with Crippen molar-refractivity contribution in [2.45, 2.75) is 24.0 Å². The molecule has 2 aliphatic heterocycles. The van der Waals surface area contributed by atoms with Crippen LogP contribution >= 0.6 is 0 Å². The van der Waals surface area contributed by atoms with Crippen molar-refractivity contribution >= 4 is 12.2 Å². The van der Waals surface area contributed by atoms with Crippen LogP contribution in [0.25, 0.3) is 12.2 Å². The van der Waals surface area contributed by atoms with E-state index in [1.165, 1.54) is 24.3 Å². The monoisotopic (exact) mass is 680 g/mol. The van der Waals surface area contributed by atoms with Gasteiger partial charge < -0.3 is 45.2 Å². The Morgan fingerprint density at radius 1 is 0.392 bits per heavy atom. The van der Waals surface area contributed by atoms with Crippen molar-refractivity contribution in [2.24, 2.45) is 0 Å². The lowest BCUT2D eigenvalue weighted by molar-refractivity contribution is 0.219. The summed E-state index contributed by atoms with van der Waals surface area (Å²) in [4.78, 5) is 0. The Morgan fingerprint density at radius 3 is 1.51 bits per heavy atom. The topological polar surface area (TPSA) is 160 Å². The molecule has 2 aliphatic rings. The molecule has 8 rings (SSSR count). The van der Waals surface area contributed by atoms with Crippen LogP contribution in [0.1, 0.15) is 68.6 Å². The lowest BCUT2D eigenvalue weighted by Gasteiger charge is -2.26. The lowest BCUT2D eigenvalue weighted by Crippen LogP contribution is -2.16. The second-order valence-electron chi connectivity index (χ2n) is 12.8. The van der Waals surface area contributed by atoms with E-state index in [0.29, 0.717) is 33.8 Å². The molecule has 0 amide bonds. The number of benzene rings is 6. The predicted octanol–water partition coefficient (Wildman–Crippen LogP) is 8.33. The first-order valence-corrected chi connectivity index (χ1v) is 16.3. The second kappa shape index (κ2) is 12.3. The molecule has 0 radical (unpaired) electrons. The van der Waals surface area contributed by atoms with Crippen molar-refractivity contribution in [1.82, 2.24) is 0 Å². The number of rotatable bonds is 6. The molecule has 0 saturated carbocycles. The largest absolute Gasteiger partial charge is 0.508 e. The molecule has 0 spiro atoms. The molecule has 254 valence electrons. The third-order valence-electron chi connectivity index (χ3n) is 9.45. The number of aromatic hydroxyl groups is 7. The highest BCUT2D eigenvalue weighted by Gasteiger charge is 2.46. The Hall–Kier alpha value is -6.74. The summed E-state index contributed by atoms with van der Waals surface area (Å²) in [5, 5.41) is 73.2. The smallest absolute Gasteiger partial charge is 0.135 e. The average Bonchev–Trinajstić information content (AvgIpc) is 3.66. The van der Waals surface area contributed by atoms with Gasteiger partial charge in [0.15, 0.2) is 0 Å². The van der Waals surface area contributed by atoms with E-state index in [1.807, 2.05) is 24.3 Å². The maximum Gasteiger partial charge on any atom is 0.135 e. The Balaban J connectivity index is 1.32. The summed E-state index contributed by atoms with van der Waals surface area (Å²) in [6.45, 7) is 0. The minimum absolute atomic E-state index is 0.0144. The molecule has 6 aromatic carbocycles. The van der Waals surface area contributed by atoms with Crippen molar-refractivity contribution < 1.29 is 45.2 Å². The zero-order valence-corrected chi connectivity index (χ0v) is 26.9. The van der Waals surface area contributed by atoms with Gasteiger partial charge in [-0.15, -0.1) is 0 Å². The summed E-state index contributed by atoms with van der Waals surface area (Å²) in [6, 6.07) is 31.0. The highest BCUT2D eigenvalue weighted by atomic mass is 16.5. The highest BCUT2D eigenvalue weighted by molar-refractivity contribution is 5.73. The van der Waals surface area contributed by atoms with Gasteiger partial charge in [-0.2, -0.15) is 0 Å². The van der Waals surface area contributed by atoms with Crippen LogP contribution in [0, 0.1) is 0 Å². The predicted molar refractivity (Wildman–Crippen MR) is 190 cm³/mol. The number of hydrogen-bond acceptors (Lipinski definition) is 9. The standard InChI is InChI=1S/C42H32O9/c43-27-8-4-24(5-9-27)41-37(26-18-31(47)21-32(48)19-26)40-36(51-41)14-12-34(49)39(40)38-33-17-22(1-2-23-15-29(45)20-30(46)16-23)3-13-35(33)50-42(38)25-6-10-28(44)11-7-25/h1-21,37-38,41-49H/b2-1-/t37-,38+,41+,42+/m0/s1. The number of ether oxygens (including phenoxy) is 2. The average molecular weight is 681 g/mol. The zero-order chi connectivity index (χ0) is 35.4. The van der Waals surface area contributed by atoms with Gasteiger partial charge in [-0.3, -0.25) is 0 Å². The molecule has 2 heterocycles. The molecule has 6 aromatic rings. The molecule has 4 atom stereocenters. The molecule has 0 aromatic heterocycles. The summed E-state index contributed by atoms with van der Waals surface area (Å²) >= 11 is 0. The lowest BCUT2D eigenvalue weighted by atomic mass is 9.76. The molecule has 7 N–H and O–H groups in total. The van der Waals surface area contributed by atoms with Crippen molar-refractivity contribution in [1.29, 1.82) is 0 Å². The Bertz CT molecular complexity index is 2270. The molecule has 51 heavy (non-hydrogen) atoms. The first kappa shape index (κ1) is 31.5. The summed E-state index contributed by atoms with van der Waals surface area (Å²) in [7, 11) is 0. The number of fused-ring (bicyclic) bond motifs is 2. The van der Waals surface area contributed by atoms with Gasteiger partial charge in [0, 0.05) is 28.8 Å². The van der Waals surface area contributed by atoms with Crippen LogP contribution in [-0.2, 0) is 0 Å². The van der Waals surface area contributed by atoms with E-state index < -0.39 is 24.0 Å². The van der Waals surface area contributed by atoms with Crippen LogP contribution in [0.15, 0.2) is 115 Å². The Labute approximate surface area is 292 Å². The van der Waals surface area contributed by atoms with Gasteiger partial charge in [-0.05, 0) is 101 Å². The van der Waals surface area contributed by atoms with E-state index in [9.17, 15) is 35.7 Å². The van der Waals surface area contributed by atoms with E-state index in [2.05, 4.69) is 0 Å². The summed E-state index contributed by atoms with van der Waals surface area (Å²) < 4.78 is 13.3. The van der Waals surface area contributed by atoms with Gasteiger partial charge in [0.1, 0.15) is 64.0 Å². The van der Waals surface area contributed by atoms with Gasteiger partial charge >= 0.3 is 0 Å². The summed E-state index contributed by atoms with van der Waals surface area (Å²) in [5.74, 6) is -0.406. The summed E-state index contributed by atoms with van der Waals surface area (Å²) in [6.07, 6.45) is 2.30. The minimum atomic E-state index is -0.663. The van der Waals surface area contributed by atoms with Crippen LogP contribution in [0.3, 0.4) is 0 Å². The van der Waals surface area contributed by atoms with E-state index in [-0.39, 0.29) is 40.2 Å². The minimum Gasteiger partial charge on any atom is -0.508 e.